The van der Waals surface area contributed by atoms with E-state index in [-0.39, 0.29) is 0 Å². The number of hydrogen-bond acceptors (Lipinski definition) is 2. The monoisotopic (exact) mass is 429 g/mol. The fraction of sp³-hybridized carbons (Fsp3) is 0.552. The summed E-state index contributed by atoms with van der Waals surface area (Å²) in [4.78, 5) is 11.5. The molecule has 0 aliphatic heterocycles. The van der Waals surface area contributed by atoms with Gasteiger partial charge < -0.3 is 4.74 Å². The smallest absolute Gasteiger partial charge is 0.418 e. The summed E-state index contributed by atoms with van der Waals surface area (Å²) in [6, 6.07) is 2.41. The quantitative estimate of drug-likeness (QED) is 0.203. The minimum absolute atomic E-state index is 0.407. The fourth-order valence-electron chi connectivity index (χ4n) is 2.87. The predicted octanol–water partition coefficient (Wildman–Crippen LogP) is 5.80. The van der Waals surface area contributed by atoms with Gasteiger partial charge in [0.25, 0.3) is 0 Å². The van der Waals surface area contributed by atoms with Crippen LogP contribution in [0, 0.1) is 71.7 Å². The summed E-state index contributed by atoms with van der Waals surface area (Å²) in [7, 11) is 0. The molecule has 0 aromatic heterocycles. The third kappa shape index (κ3) is 24.7. The van der Waals surface area contributed by atoms with Gasteiger partial charge in [-0.1, -0.05) is 90.4 Å². The third-order valence-electron chi connectivity index (χ3n) is 4.53. The second-order valence-electron chi connectivity index (χ2n) is 7.25. The highest BCUT2D eigenvalue weighted by Gasteiger charge is 1.98. The minimum atomic E-state index is -0.557. The zero-order valence-electron chi connectivity index (χ0n) is 19.5. The topological polar surface area (TPSA) is 38.3 Å². The van der Waals surface area contributed by atoms with Gasteiger partial charge in [-0.25, -0.2) is 10.1 Å². The molecule has 0 fully saturated rings. The Morgan fingerprint density at radius 1 is 0.625 bits per heavy atom. The molecule has 0 spiro atoms. The van der Waals surface area contributed by atoms with Gasteiger partial charge in [-0.15, -0.1) is 6.42 Å². The van der Waals surface area contributed by atoms with Gasteiger partial charge in [-0.05, 0) is 36.0 Å². The Bertz CT molecular complexity index is 851. The molecule has 0 saturated carbocycles. The molecule has 3 heteroatoms. The average Bonchev–Trinajstić information content (AvgIpc) is 2.80. The molecule has 0 radical (unpaired) electrons. The lowest BCUT2D eigenvalue weighted by molar-refractivity contribution is 0.148. The van der Waals surface area contributed by atoms with E-state index in [1.807, 2.05) is 0 Å². The molecule has 0 saturated heterocycles. The van der Waals surface area contributed by atoms with Crippen molar-refractivity contribution in [2.24, 2.45) is 0 Å². The predicted molar refractivity (Wildman–Crippen MR) is 133 cm³/mol. The standard InChI is InChI=1S/C29H35NO2/c1-3-5-7-9-11-13-15-16-17-18-20-22-24-26-28-32-29(31)30-27-25-23-21-19-14-12-10-8-6-4-2/h2H,3,5,7,9,11,13,15-18,20,22,24,26,28H2,1H3,(H,30,31). The molecular weight excluding hydrogens is 394 g/mol. The molecule has 1 amide bonds. The molecule has 1 N–H and O–H groups in total. The van der Waals surface area contributed by atoms with Crippen molar-refractivity contribution >= 4 is 6.09 Å². The number of unbranched alkanes of at least 4 members (excludes halogenated alkanes) is 13. The Morgan fingerprint density at radius 2 is 1.03 bits per heavy atom. The van der Waals surface area contributed by atoms with Crippen LogP contribution in [0.5, 0.6) is 0 Å². The van der Waals surface area contributed by atoms with E-state index in [1.54, 1.807) is 0 Å². The number of amides is 1. The van der Waals surface area contributed by atoms with Crippen LogP contribution < -0.4 is 5.32 Å². The fourth-order valence-corrected chi connectivity index (χ4v) is 2.87. The zero-order chi connectivity index (χ0) is 23.4. The first-order chi connectivity index (χ1) is 15.8. The van der Waals surface area contributed by atoms with E-state index in [4.69, 9.17) is 11.2 Å². The van der Waals surface area contributed by atoms with Crippen LogP contribution in [0.25, 0.3) is 0 Å². The molecule has 168 valence electrons. The Hall–Kier alpha value is -3.37. The van der Waals surface area contributed by atoms with Crippen LogP contribution in [0.2, 0.25) is 0 Å². The highest BCUT2D eigenvalue weighted by Crippen LogP contribution is 2.12. The van der Waals surface area contributed by atoms with Crippen molar-refractivity contribution in [3.8, 4) is 71.7 Å². The summed E-state index contributed by atoms with van der Waals surface area (Å²) in [6.45, 7) is 2.67. The van der Waals surface area contributed by atoms with Gasteiger partial charge in [0.2, 0.25) is 0 Å². The number of rotatable bonds is 15. The number of ether oxygens (including phenoxy) is 1. The second kappa shape index (κ2) is 25.7. The number of alkyl carbamates (subject to hydrolysis) is 1. The van der Waals surface area contributed by atoms with Crippen LogP contribution in [-0.4, -0.2) is 12.7 Å². The first-order valence-electron chi connectivity index (χ1n) is 11.7. The maximum Gasteiger partial charge on any atom is 0.418 e. The molecule has 32 heavy (non-hydrogen) atoms. The van der Waals surface area contributed by atoms with Crippen LogP contribution in [0.3, 0.4) is 0 Å². The van der Waals surface area contributed by atoms with E-state index < -0.39 is 6.09 Å². The normalized spacial score (nSPS) is 8.25. The van der Waals surface area contributed by atoms with Crippen LogP contribution in [-0.2, 0) is 4.74 Å². The average molecular weight is 430 g/mol. The summed E-state index contributed by atoms with van der Waals surface area (Å²) in [5, 5.41) is 2.32. The number of hydrogen-bond donors (Lipinski definition) is 1. The Labute approximate surface area is 196 Å². The number of terminal acetylenes is 1. The van der Waals surface area contributed by atoms with Crippen molar-refractivity contribution in [2.75, 3.05) is 6.61 Å². The van der Waals surface area contributed by atoms with E-state index in [1.165, 1.54) is 77.0 Å². The summed E-state index contributed by atoms with van der Waals surface area (Å²) in [6.07, 6.45) is 22.5. The SMILES string of the molecule is C#CC#CC#CC#CC#CC#CNC(=O)OCCCCCCCCCCCCCCCC. The van der Waals surface area contributed by atoms with Gasteiger partial charge in [0.1, 0.15) is 0 Å². The van der Waals surface area contributed by atoms with Gasteiger partial charge in [-0.2, -0.15) is 0 Å². The van der Waals surface area contributed by atoms with Crippen molar-refractivity contribution < 1.29 is 9.53 Å². The van der Waals surface area contributed by atoms with Gasteiger partial charge in [0.15, 0.2) is 0 Å². The maximum atomic E-state index is 11.5. The lowest BCUT2D eigenvalue weighted by atomic mass is 10.0. The molecular formula is C29H35NO2. The molecule has 0 aromatic carbocycles. The first-order valence-corrected chi connectivity index (χ1v) is 11.7. The van der Waals surface area contributed by atoms with Crippen molar-refractivity contribution in [1.82, 2.24) is 5.32 Å². The Morgan fingerprint density at radius 3 is 1.50 bits per heavy atom. The number of nitrogens with one attached hydrogen (secondary N) is 1. The largest absolute Gasteiger partial charge is 0.449 e. The molecule has 0 bridgehead atoms. The van der Waals surface area contributed by atoms with Crippen LogP contribution in [0.15, 0.2) is 0 Å². The van der Waals surface area contributed by atoms with Gasteiger partial charge in [0.05, 0.1) is 6.61 Å². The van der Waals surface area contributed by atoms with Crippen molar-refractivity contribution in [2.45, 2.75) is 96.8 Å². The van der Waals surface area contributed by atoms with Crippen LogP contribution in [0.4, 0.5) is 4.79 Å². The molecule has 0 aromatic rings. The maximum absolute atomic E-state index is 11.5. The molecule has 0 unspecified atom stereocenters. The second-order valence-corrected chi connectivity index (χ2v) is 7.25. The number of carbonyl (C=O) groups is 1. The van der Waals surface area contributed by atoms with E-state index in [0.717, 1.165) is 12.8 Å². The highest BCUT2D eigenvalue weighted by molar-refractivity contribution is 5.69. The molecule has 0 rings (SSSR count). The van der Waals surface area contributed by atoms with E-state index in [2.05, 4.69) is 77.5 Å². The summed E-state index contributed by atoms with van der Waals surface area (Å²) >= 11 is 0. The van der Waals surface area contributed by atoms with Gasteiger partial charge in [-0.3, -0.25) is 0 Å². The lowest BCUT2D eigenvalue weighted by Crippen LogP contribution is -2.19. The van der Waals surface area contributed by atoms with Crippen molar-refractivity contribution in [3.63, 3.8) is 0 Å². The van der Waals surface area contributed by atoms with Crippen LogP contribution >= 0.6 is 0 Å². The number of carbonyl (C=O) groups excluding carboxylic acids is 1. The third-order valence-corrected chi connectivity index (χ3v) is 4.53. The van der Waals surface area contributed by atoms with E-state index >= 15 is 0 Å². The lowest BCUT2D eigenvalue weighted by Gasteiger charge is -2.04. The van der Waals surface area contributed by atoms with Crippen molar-refractivity contribution in [3.05, 3.63) is 0 Å². The Balaban J connectivity index is 3.51. The van der Waals surface area contributed by atoms with E-state index in [0.29, 0.717) is 6.61 Å². The Kier molecular flexibility index (Phi) is 23.0. The highest BCUT2D eigenvalue weighted by atomic mass is 16.5. The van der Waals surface area contributed by atoms with Crippen molar-refractivity contribution in [1.29, 1.82) is 0 Å². The zero-order valence-corrected chi connectivity index (χ0v) is 19.5. The summed E-state index contributed by atoms with van der Waals surface area (Å²) in [5.74, 6) is 24.2. The summed E-state index contributed by atoms with van der Waals surface area (Å²) in [5.41, 5.74) is 0. The molecule has 3 nitrogen and oxygen atoms in total. The van der Waals surface area contributed by atoms with Gasteiger partial charge in [0, 0.05) is 35.6 Å². The van der Waals surface area contributed by atoms with Gasteiger partial charge >= 0.3 is 6.09 Å². The first kappa shape index (κ1) is 28.6. The van der Waals surface area contributed by atoms with E-state index in [9.17, 15) is 4.79 Å². The minimum Gasteiger partial charge on any atom is -0.449 e. The summed E-state index contributed by atoms with van der Waals surface area (Å²) < 4.78 is 5.07. The molecule has 0 aliphatic rings. The molecule has 0 heterocycles. The molecule has 0 aliphatic carbocycles. The van der Waals surface area contributed by atoms with Crippen LogP contribution in [0.1, 0.15) is 96.8 Å². The molecule has 0 atom stereocenters.